The lowest BCUT2D eigenvalue weighted by Crippen LogP contribution is -2.44. The van der Waals surface area contributed by atoms with Crippen molar-refractivity contribution in [2.75, 3.05) is 6.54 Å². The van der Waals surface area contributed by atoms with Crippen LogP contribution in [0.15, 0.2) is 63.9 Å². The highest BCUT2D eigenvalue weighted by Crippen LogP contribution is 2.22. The molecule has 0 radical (unpaired) electrons. The van der Waals surface area contributed by atoms with Gasteiger partial charge < -0.3 is 15.1 Å². The van der Waals surface area contributed by atoms with E-state index in [2.05, 4.69) is 21.0 Å². The number of rotatable bonds is 5. The van der Waals surface area contributed by atoms with Gasteiger partial charge >= 0.3 is 0 Å². The molecule has 1 aliphatic rings. The molecule has 2 heterocycles. The Morgan fingerprint density at radius 1 is 1.10 bits per heavy atom. The minimum atomic E-state index is -1.66. The quantitative estimate of drug-likeness (QED) is 0.529. The van der Waals surface area contributed by atoms with E-state index in [1.54, 1.807) is 0 Å². The molecule has 0 spiro atoms. The highest BCUT2D eigenvalue weighted by atomic mass is 79.9. The molecule has 1 aromatic heterocycles. The standard InChI is InChI=1S/C22H22BrN3O4/c23-17-7-5-14(6-8-17)12-26-19(27)11-18(24-26)20(28)21(29)22(30)25-10-9-15-3-1-2-4-16(15)13-25/h1-8,11,20-21,24,28-29H,9-10,12-13H2/t20-,21+/m0/s1. The summed E-state index contributed by atoms with van der Waals surface area (Å²) in [6.45, 7) is 1.15. The van der Waals surface area contributed by atoms with Gasteiger partial charge in [0.05, 0.1) is 12.2 Å². The van der Waals surface area contributed by atoms with Crippen LogP contribution >= 0.6 is 15.9 Å². The van der Waals surface area contributed by atoms with Crippen LogP contribution in [-0.4, -0.2) is 43.4 Å². The van der Waals surface area contributed by atoms with E-state index in [-0.39, 0.29) is 17.8 Å². The predicted molar refractivity (Wildman–Crippen MR) is 115 cm³/mol. The second-order valence-corrected chi connectivity index (χ2v) is 8.35. The summed E-state index contributed by atoms with van der Waals surface area (Å²) in [5, 5.41) is 23.8. The van der Waals surface area contributed by atoms with Crippen LogP contribution in [0.4, 0.5) is 0 Å². The predicted octanol–water partition coefficient (Wildman–Crippen LogP) is 1.97. The van der Waals surface area contributed by atoms with Crippen LogP contribution in [-0.2, 0) is 24.3 Å². The number of carbonyl (C=O) groups is 1. The zero-order chi connectivity index (χ0) is 21.3. The van der Waals surface area contributed by atoms with Crippen LogP contribution in [0.25, 0.3) is 0 Å². The van der Waals surface area contributed by atoms with Crippen molar-refractivity contribution in [3.63, 3.8) is 0 Å². The number of amides is 1. The van der Waals surface area contributed by atoms with Gasteiger partial charge in [-0.05, 0) is 35.2 Å². The first-order valence-electron chi connectivity index (χ1n) is 9.68. The van der Waals surface area contributed by atoms with E-state index in [1.165, 1.54) is 21.2 Å². The Hall–Kier alpha value is -2.68. The Kier molecular flexibility index (Phi) is 5.90. The lowest BCUT2D eigenvalue weighted by Gasteiger charge is -2.31. The Morgan fingerprint density at radius 3 is 2.53 bits per heavy atom. The van der Waals surface area contributed by atoms with Gasteiger partial charge in [-0.2, -0.15) is 0 Å². The molecular weight excluding hydrogens is 450 g/mol. The molecule has 0 bridgehead atoms. The number of aliphatic hydroxyl groups excluding tert-OH is 2. The molecule has 0 saturated heterocycles. The number of aromatic amines is 1. The number of halogens is 1. The molecule has 1 aliphatic heterocycles. The van der Waals surface area contributed by atoms with Crippen molar-refractivity contribution in [1.29, 1.82) is 0 Å². The van der Waals surface area contributed by atoms with Gasteiger partial charge in [0.2, 0.25) is 0 Å². The minimum Gasteiger partial charge on any atom is -0.384 e. The third-order valence-electron chi connectivity index (χ3n) is 5.38. The third-order valence-corrected chi connectivity index (χ3v) is 5.90. The number of hydrogen-bond acceptors (Lipinski definition) is 4. The van der Waals surface area contributed by atoms with E-state index >= 15 is 0 Å². The molecular formula is C22H22BrN3O4. The van der Waals surface area contributed by atoms with Gasteiger partial charge in [0.1, 0.15) is 6.10 Å². The second kappa shape index (κ2) is 8.59. The van der Waals surface area contributed by atoms with Gasteiger partial charge in [0, 0.05) is 23.6 Å². The smallest absolute Gasteiger partial charge is 0.267 e. The van der Waals surface area contributed by atoms with Gasteiger partial charge in [-0.1, -0.05) is 52.3 Å². The van der Waals surface area contributed by atoms with Gasteiger partial charge in [-0.15, -0.1) is 0 Å². The Balaban J connectivity index is 1.46. The molecule has 30 heavy (non-hydrogen) atoms. The first-order valence-corrected chi connectivity index (χ1v) is 10.5. The summed E-state index contributed by atoms with van der Waals surface area (Å²) in [4.78, 5) is 26.6. The monoisotopic (exact) mass is 471 g/mol. The van der Waals surface area contributed by atoms with Crippen LogP contribution < -0.4 is 5.56 Å². The van der Waals surface area contributed by atoms with Crippen molar-refractivity contribution in [3.8, 4) is 0 Å². The van der Waals surface area contributed by atoms with Gasteiger partial charge in [0.15, 0.2) is 6.10 Å². The summed E-state index contributed by atoms with van der Waals surface area (Å²) in [6.07, 6.45) is -2.48. The molecule has 2 atom stereocenters. The highest BCUT2D eigenvalue weighted by molar-refractivity contribution is 9.10. The van der Waals surface area contributed by atoms with Gasteiger partial charge in [0.25, 0.3) is 11.5 Å². The van der Waals surface area contributed by atoms with Crippen LogP contribution in [0.3, 0.4) is 0 Å². The first-order chi connectivity index (χ1) is 14.4. The number of nitrogens with zero attached hydrogens (tertiary/aromatic N) is 2. The van der Waals surface area contributed by atoms with E-state index in [9.17, 15) is 19.8 Å². The third kappa shape index (κ3) is 4.26. The van der Waals surface area contributed by atoms with Crippen molar-refractivity contribution >= 4 is 21.8 Å². The maximum atomic E-state index is 12.7. The number of carbonyl (C=O) groups excluding carboxylic acids is 1. The average molecular weight is 472 g/mol. The van der Waals surface area contributed by atoms with Crippen molar-refractivity contribution in [2.45, 2.75) is 31.7 Å². The Morgan fingerprint density at radius 2 is 1.80 bits per heavy atom. The summed E-state index contributed by atoms with van der Waals surface area (Å²) in [5.74, 6) is -0.557. The summed E-state index contributed by atoms with van der Waals surface area (Å²) >= 11 is 3.37. The Bertz CT molecular complexity index is 1110. The molecule has 0 fully saturated rings. The normalized spacial score (nSPS) is 15.5. The first kappa shape index (κ1) is 20.6. The summed E-state index contributed by atoms with van der Waals surface area (Å²) in [6, 6.07) is 16.6. The van der Waals surface area contributed by atoms with Gasteiger partial charge in [-0.3, -0.25) is 14.7 Å². The number of benzene rings is 2. The Labute approximate surface area is 181 Å². The number of aromatic nitrogens is 2. The summed E-state index contributed by atoms with van der Waals surface area (Å²) in [7, 11) is 0. The molecule has 156 valence electrons. The van der Waals surface area contributed by atoms with E-state index in [4.69, 9.17) is 0 Å². The fourth-order valence-corrected chi connectivity index (χ4v) is 3.94. The lowest BCUT2D eigenvalue weighted by atomic mass is 9.99. The number of aliphatic hydroxyl groups is 2. The second-order valence-electron chi connectivity index (χ2n) is 7.43. The zero-order valence-corrected chi connectivity index (χ0v) is 17.7. The molecule has 0 saturated carbocycles. The molecule has 3 aromatic rings. The van der Waals surface area contributed by atoms with E-state index in [1.807, 2.05) is 48.5 Å². The van der Waals surface area contributed by atoms with E-state index in [0.29, 0.717) is 19.5 Å². The van der Waals surface area contributed by atoms with Crippen molar-refractivity contribution in [2.24, 2.45) is 0 Å². The molecule has 1 amide bonds. The molecule has 4 rings (SSSR count). The highest BCUT2D eigenvalue weighted by Gasteiger charge is 2.32. The zero-order valence-electron chi connectivity index (χ0n) is 16.2. The van der Waals surface area contributed by atoms with Crippen LogP contribution in [0.5, 0.6) is 0 Å². The van der Waals surface area contributed by atoms with E-state index in [0.717, 1.165) is 15.6 Å². The number of H-pyrrole nitrogens is 1. The number of nitrogens with one attached hydrogen (secondary N) is 1. The van der Waals surface area contributed by atoms with Crippen molar-refractivity contribution in [1.82, 2.24) is 14.7 Å². The van der Waals surface area contributed by atoms with Crippen molar-refractivity contribution < 1.29 is 15.0 Å². The molecule has 2 aromatic carbocycles. The lowest BCUT2D eigenvalue weighted by molar-refractivity contribution is -0.147. The topological polar surface area (TPSA) is 98.6 Å². The maximum Gasteiger partial charge on any atom is 0.267 e. The molecule has 8 heteroatoms. The average Bonchev–Trinajstić information content (AvgIpc) is 3.13. The van der Waals surface area contributed by atoms with Crippen LogP contribution in [0.1, 0.15) is 28.5 Å². The van der Waals surface area contributed by atoms with Crippen molar-refractivity contribution in [3.05, 3.63) is 91.8 Å². The minimum absolute atomic E-state index is 0.107. The summed E-state index contributed by atoms with van der Waals surface area (Å²) < 4.78 is 2.26. The fourth-order valence-electron chi connectivity index (χ4n) is 3.67. The number of hydrogen-bond donors (Lipinski definition) is 3. The number of fused-ring (bicyclic) bond motifs is 1. The molecule has 7 nitrogen and oxygen atoms in total. The molecule has 0 unspecified atom stereocenters. The fraction of sp³-hybridized carbons (Fsp3) is 0.273. The molecule has 3 N–H and O–H groups in total. The van der Waals surface area contributed by atoms with Crippen LogP contribution in [0, 0.1) is 0 Å². The SMILES string of the molecule is O=C([C@H](O)[C@@H](O)c1cc(=O)n(Cc2ccc(Br)cc2)[nH]1)N1CCc2ccccc2C1. The summed E-state index contributed by atoms with van der Waals surface area (Å²) in [5.41, 5.74) is 2.87. The van der Waals surface area contributed by atoms with Gasteiger partial charge in [-0.25, -0.2) is 4.68 Å². The largest absolute Gasteiger partial charge is 0.384 e. The maximum absolute atomic E-state index is 12.7. The van der Waals surface area contributed by atoms with Crippen LogP contribution in [0.2, 0.25) is 0 Å². The molecule has 0 aliphatic carbocycles. The van der Waals surface area contributed by atoms with E-state index < -0.39 is 18.1 Å².